The van der Waals surface area contributed by atoms with E-state index in [9.17, 15) is 10.2 Å². The van der Waals surface area contributed by atoms with E-state index in [-0.39, 0.29) is 13.2 Å². The first-order valence-corrected chi connectivity index (χ1v) is 18.1. The van der Waals surface area contributed by atoms with E-state index in [0.29, 0.717) is 22.9 Å². The minimum atomic E-state index is -0.798. The van der Waals surface area contributed by atoms with E-state index in [2.05, 4.69) is 13.8 Å². The van der Waals surface area contributed by atoms with Crippen molar-refractivity contribution in [1.29, 1.82) is 0 Å². The summed E-state index contributed by atoms with van der Waals surface area (Å²) < 4.78 is 17.7. The summed E-state index contributed by atoms with van der Waals surface area (Å²) in [6.07, 6.45) is 26.9. The van der Waals surface area contributed by atoms with Crippen molar-refractivity contribution >= 4 is 34.5 Å². The van der Waals surface area contributed by atoms with Gasteiger partial charge in [-0.25, -0.2) is 0 Å². The van der Waals surface area contributed by atoms with E-state index in [1.807, 2.05) is 0 Å². The van der Waals surface area contributed by atoms with Crippen LogP contribution in [0.5, 0.6) is 0 Å². The topological polar surface area (TPSA) is 68.2 Å². The molecule has 0 bridgehead atoms. The molecule has 1 aliphatic heterocycles. The molecule has 1 fully saturated rings. The molecule has 4 atom stereocenters. The molecule has 242 valence electrons. The Hall–Kier alpha value is -0.340. The summed E-state index contributed by atoms with van der Waals surface area (Å²) in [6.45, 7) is 4.41. The van der Waals surface area contributed by atoms with E-state index < -0.39 is 24.4 Å². The third kappa shape index (κ3) is 20.3. The Balaban J connectivity index is 2.18. The average molecular weight is 617 g/mol. The van der Waals surface area contributed by atoms with Crippen molar-refractivity contribution in [3.05, 3.63) is 0 Å². The molecule has 1 heterocycles. The lowest BCUT2D eigenvalue weighted by Gasteiger charge is -2.28. The second-order valence-electron chi connectivity index (χ2n) is 12.1. The lowest BCUT2D eigenvalue weighted by atomic mass is 10.0. The highest BCUT2D eigenvalue weighted by molar-refractivity contribution is 7.80. The summed E-state index contributed by atoms with van der Waals surface area (Å²) in [5, 5.41) is 21.5. The minimum Gasteiger partial charge on any atom is -0.479 e. The van der Waals surface area contributed by atoms with Crippen LogP contribution < -0.4 is 0 Å². The molecule has 0 aromatic carbocycles. The van der Waals surface area contributed by atoms with Crippen LogP contribution in [-0.2, 0) is 14.2 Å². The molecule has 0 aromatic heterocycles. The fourth-order valence-corrected chi connectivity index (χ4v) is 6.12. The van der Waals surface area contributed by atoms with Crippen molar-refractivity contribution in [3.63, 3.8) is 0 Å². The molecule has 0 saturated carbocycles. The molecule has 7 heteroatoms. The van der Waals surface area contributed by atoms with Crippen LogP contribution in [0.25, 0.3) is 0 Å². The fourth-order valence-electron chi connectivity index (χ4n) is 5.60. The second-order valence-corrected chi connectivity index (χ2v) is 13.0. The first kappa shape index (κ1) is 38.7. The van der Waals surface area contributed by atoms with E-state index in [4.69, 9.17) is 38.6 Å². The third-order valence-electron chi connectivity index (χ3n) is 8.23. The number of ether oxygens (including phenoxy) is 3. The highest BCUT2D eigenvalue weighted by Crippen LogP contribution is 2.25. The summed E-state index contributed by atoms with van der Waals surface area (Å²) in [5.74, 6) is 0. The predicted molar refractivity (Wildman–Crippen MR) is 180 cm³/mol. The number of hydrogen-bond donors (Lipinski definition) is 2. The van der Waals surface area contributed by atoms with Crippen molar-refractivity contribution in [1.82, 2.24) is 0 Å². The molecule has 0 radical (unpaired) electrons. The quantitative estimate of drug-likeness (QED) is 0.0670. The van der Waals surface area contributed by atoms with Gasteiger partial charge in [0.25, 0.3) is 0 Å². The summed E-state index contributed by atoms with van der Waals surface area (Å²) in [5.41, 5.74) is 0. The molecule has 41 heavy (non-hydrogen) atoms. The maximum atomic E-state index is 10.5. The molecule has 0 spiro atoms. The van der Waals surface area contributed by atoms with Crippen molar-refractivity contribution in [3.8, 4) is 0 Å². The number of thiocarbonyl (C=S) groups is 2. The Kier molecular flexibility index (Phi) is 25.7. The van der Waals surface area contributed by atoms with Gasteiger partial charge in [0.1, 0.15) is 12.2 Å². The highest BCUT2D eigenvalue weighted by Gasteiger charge is 2.44. The molecule has 1 rings (SSSR count). The van der Waals surface area contributed by atoms with Crippen molar-refractivity contribution in [2.24, 2.45) is 0 Å². The Morgan fingerprint density at radius 2 is 1.05 bits per heavy atom. The molecule has 1 saturated heterocycles. The van der Waals surface area contributed by atoms with Crippen molar-refractivity contribution in [2.45, 2.75) is 192 Å². The molecule has 2 N–H and O–H groups in total. The summed E-state index contributed by atoms with van der Waals surface area (Å²) in [6, 6.07) is 0. The first-order chi connectivity index (χ1) is 20.0. The smallest absolute Gasteiger partial charge is 0.160 e. The third-order valence-corrected chi connectivity index (χ3v) is 8.83. The molecule has 0 aromatic rings. The van der Waals surface area contributed by atoms with Gasteiger partial charge in [0.05, 0.1) is 13.2 Å². The Morgan fingerprint density at radius 1 is 0.659 bits per heavy atom. The average Bonchev–Trinajstić information content (AvgIpc) is 3.32. The van der Waals surface area contributed by atoms with Gasteiger partial charge in [-0.15, -0.1) is 0 Å². The number of rotatable bonds is 28. The molecular weight excluding hydrogens is 553 g/mol. The molecular formula is C34H64O5S2. The predicted octanol–water partition coefficient (Wildman–Crippen LogP) is 9.57. The van der Waals surface area contributed by atoms with Crippen LogP contribution in [0.1, 0.15) is 168 Å². The van der Waals surface area contributed by atoms with Crippen LogP contribution in [0.2, 0.25) is 0 Å². The number of hydrogen-bond acceptors (Lipinski definition) is 7. The summed E-state index contributed by atoms with van der Waals surface area (Å²) >= 11 is 11.0. The van der Waals surface area contributed by atoms with Crippen LogP contribution in [0, 0.1) is 0 Å². The zero-order valence-electron chi connectivity index (χ0n) is 26.6. The van der Waals surface area contributed by atoms with Gasteiger partial charge in [-0.2, -0.15) is 0 Å². The molecule has 0 unspecified atom stereocenters. The normalized spacial score (nSPS) is 19.4. The molecule has 0 amide bonds. The van der Waals surface area contributed by atoms with Gasteiger partial charge in [-0.05, 0) is 37.3 Å². The van der Waals surface area contributed by atoms with Gasteiger partial charge in [0.15, 0.2) is 22.3 Å². The maximum Gasteiger partial charge on any atom is 0.160 e. The standard InChI is InChI=1S/C34H64O5S2/c1-3-5-7-9-11-13-15-17-19-21-23-25-31(40)38-30(27-35)34-33(29(36)28-37-34)39-32(41)26-24-22-20-18-16-14-12-10-8-6-4-2/h29-30,33-36H,3-28H2,1-2H3/t29-,30+,33+,34+/m0/s1. The van der Waals surface area contributed by atoms with Crippen LogP contribution >= 0.6 is 24.4 Å². The van der Waals surface area contributed by atoms with Gasteiger partial charge in [-0.3, -0.25) is 0 Å². The highest BCUT2D eigenvalue weighted by atomic mass is 32.1. The lowest BCUT2D eigenvalue weighted by Crippen LogP contribution is -2.45. The molecule has 0 aliphatic carbocycles. The van der Waals surface area contributed by atoms with Crippen molar-refractivity contribution in [2.75, 3.05) is 13.2 Å². The first-order valence-electron chi connectivity index (χ1n) is 17.3. The number of aliphatic hydroxyl groups excluding tert-OH is 2. The van der Waals surface area contributed by atoms with Gasteiger partial charge < -0.3 is 24.4 Å². The van der Waals surface area contributed by atoms with Gasteiger partial charge in [-0.1, -0.05) is 142 Å². The van der Waals surface area contributed by atoms with E-state index in [0.717, 1.165) is 25.7 Å². The lowest BCUT2D eigenvalue weighted by molar-refractivity contribution is -0.0577. The van der Waals surface area contributed by atoms with Crippen LogP contribution in [0.4, 0.5) is 0 Å². The number of aliphatic hydroxyl groups is 2. The monoisotopic (exact) mass is 616 g/mol. The minimum absolute atomic E-state index is 0.140. The van der Waals surface area contributed by atoms with Gasteiger partial charge in [0.2, 0.25) is 0 Å². The SMILES string of the molecule is CCCCCCCCCCCCCC(=S)O[C@H]1[C@@H]([C@@H](CO)OC(=S)CCCCCCCCCCCCC)OC[C@@H]1O. The Bertz CT molecular complexity index is 632. The van der Waals surface area contributed by atoms with E-state index >= 15 is 0 Å². The van der Waals surface area contributed by atoms with E-state index in [1.165, 1.54) is 116 Å². The van der Waals surface area contributed by atoms with Gasteiger partial charge in [0, 0.05) is 12.8 Å². The zero-order valence-corrected chi connectivity index (χ0v) is 28.3. The van der Waals surface area contributed by atoms with Crippen molar-refractivity contribution < 1.29 is 24.4 Å². The van der Waals surface area contributed by atoms with Gasteiger partial charge >= 0.3 is 0 Å². The largest absolute Gasteiger partial charge is 0.479 e. The maximum absolute atomic E-state index is 10.5. The van der Waals surface area contributed by atoms with Crippen LogP contribution in [0.15, 0.2) is 0 Å². The summed E-state index contributed by atoms with van der Waals surface area (Å²) in [7, 11) is 0. The van der Waals surface area contributed by atoms with Crippen LogP contribution in [0.3, 0.4) is 0 Å². The molecule has 5 nitrogen and oxygen atoms in total. The molecule has 1 aliphatic rings. The number of unbranched alkanes of at least 4 members (excludes halogenated alkanes) is 20. The Morgan fingerprint density at radius 3 is 1.46 bits per heavy atom. The summed E-state index contributed by atoms with van der Waals surface area (Å²) in [4.78, 5) is 0. The second kappa shape index (κ2) is 27.2. The Labute approximate surface area is 263 Å². The zero-order chi connectivity index (χ0) is 30.0. The van der Waals surface area contributed by atoms with E-state index in [1.54, 1.807) is 0 Å². The van der Waals surface area contributed by atoms with Crippen LogP contribution in [-0.4, -0.2) is 57.9 Å². The fraction of sp³-hybridized carbons (Fsp3) is 0.941.